The standard InChI is InChI=1S/C14H22N2O.V/c1-16(2)11-12-10-14(8-9-15-12)17-13-6-4-3-5-7-13;/h8-10,13H,3-7,11H2,1-2H3;. The van der Waals surface area contributed by atoms with E-state index < -0.39 is 0 Å². The minimum atomic E-state index is 0. The number of rotatable bonds is 4. The molecule has 18 heavy (non-hydrogen) atoms. The maximum atomic E-state index is 6.02. The van der Waals surface area contributed by atoms with Crippen molar-refractivity contribution in [2.75, 3.05) is 14.1 Å². The summed E-state index contributed by atoms with van der Waals surface area (Å²) in [5, 5.41) is 0. The van der Waals surface area contributed by atoms with Gasteiger partial charge >= 0.3 is 0 Å². The maximum absolute atomic E-state index is 6.02. The quantitative estimate of drug-likeness (QED) is 0.850. The Labute approximate surface area is 122 Å². The van der Waals surface area contributed by atoms with Crippen molar-refractivity contribution in [3.05, 3.63) is 24.0 Å². The Morgan fingerprint density at radius 3 is 2.67 bits per heavy atom. The molecule has 0 amide bonds. The van der Waals surface area contributed by atoms with E-state index in [0.29, 0.717) is 6.10 Å². The number of ether oxygens (including phenoxy) is 1. The Kier molecular flexibility index (Phi) is 6.76. The Morgan fingerprint density at radius 1 is 1.28 bits per heavy atom. The molecule has 3 nitrogen and oxygen atoms in total. The first-order valence-electron chi connectivity index (χ1n) is 6.50. The second-order valence-corrected chi connectivity index (χ2v) is 5.10. The second-order valence-electron chi connectivity index (χ2n) is 5.10. The summed E-state index contributed by atoms with van der Waals surface area (Å²) < 4.78 is 6.02. The summed E-state index contributed by atoms with van der Waals surface area (Å²) in [5.41, 5.74) is 1.07. The first kappa shape index (κ1) is 15.6. The molecule has 0 atom stereocenters. The third-order valence-corrected chi connectivity index (χ3v) is 3.12. The van der Waals surface area contributed by atoms with Gasteiger partial charge in [-0.3, -0.25) is 4.98 Å². The molecule has 4 heteroatoms. The van der Waals surface area contributed by atoms with Crippen molar-refractivity contribution >= 4 is 0 Å². The van der Waals surface area contributed by atoms with Crippen molar-refractivity contribution in [3.63, 3.8) is 0 Å². The van der Waals surface area contributed by atoms with Crippen LogP contribution < -0.4 is 4.74 Å². The van der Waals surface area contributed by atoms with E-state index in [2.05, 4.69) is 30.0 Å². The fourth-order valence-corrected chi connectivity index (χ4v) is 2.32. The fraction of sp³-hybridized carbons (Fsp3) is 0.643. The van der Waals surface area contributed by atoms with Gasteiger partial charge in [-0.25, -0.2) is 0 Å². The Bertz CT molecular complexity index is 351. The van der Waals surface area contributed by atoms with Crippen LogP contribution in [0, 0.1) is 0 Å². The molecule has 0 saturated heterocycles. The topological polar surface area (TPSA) is 25.4 Å². The number of nitrogens with zero attached hydrogens (tertiary/aromatic N) is 2. The minimum Gasteiger partial charge on any atom is -0.490 e. The van der Waals surface area contributed by atoms with Gasteiger partial charge in [-0.05, 0) is 45.8 Å². The molecule has 0 spiro atoms. The van der Waals surface area contributed by atoms with Crippen molar-refractivity contribution in [1.82, 2.24) is 9.88 Å². The van der Waals surface area contributed by atoms with E-state index in [0.717, 1.165) is 18.0 Å². The van der Waals surface area contributed by atoms with Crippen LogP contribution in [0.2, 0.25) is 0 Å². The second kappa shape index (κ2) is 7.83. The molecule has 99 valence electrons. The van der Waals surface area contributed by atoms with Crippen molar-refractivity contribution < 1.29 is 23.3 Å². The molecule has 0 aliphatic heterocycles. The van der Waals surface area contributed by atoms with Gasteiger partial charge in [-0.1, -0.05) is 6.42 Å². The van der Waals surface area contributed by atoms with Gasteiger partial charge in [0.15, 0.2) is 0 Å². The predicted octanol–water partition coefficient (Wildman–Crippen LogP) is 2.85. The number of hydrogen-bond acceptors (Lipinski definition) is 3. The molecule has 1 saturated carbocycles. The molecular weight excluding hydrogens is 263 g/mol. The van der Waals surface area contributed by atoms with Crippen LogP contribution in [0.1, 0.15) is 37.8 Å². The molecule has 0 bridgehead atoms. The van der Waals surface area contributed by atoms with Crippen LogP contribution in [0.4, 0.5) is 0 Å². The SMILES string of the molecule is CN(C)Cc1cc(OC2CCCCC2)ccn1.[V]. The van der Waals surface area contributed by atoms with E-state index >= 15 is 0 Å². The molecule has 0 aromatic carbocycles. The van der Waals surface area contributed by atoms with E-state index in [9.17, 15) is 0 Å². The summed E-state index contributed by atoms with van der Waals surface area (Å²) in [6.45, 7) is 0.863. The van der Waals surface area contributed by atoms with Gasteiger partial charge < -0.3 is 9.64 Å². The van der Waals surface area contributed by atoms with E-state index in [4.69, 9.17) is 4.74 Å². The van der Waals surface area contributed by atoms with Crippen LogP contribution in [0.15, 0.2) is 18.3 Å². The van der Waals surface area contributed by atoms with E-state index in [1.807, 2.05) is 12.3 Å². The van der Waals surface area contributed by atoms with Crippen molar-refractivity contribution in [2.45, 2.75) is 44.8 Å². The molecule has 1 aliphatic carbocycles. The molecule has 1 heterocycles. The molecule has 1 aromatic rings. The summed E-state index contributed by atoms with van der Waals surface area (Å²) in [5.74, 6) is 0.976. The smallest absolute Gasteiger partial charge is 0.123 e. The van der Waals surface area contributed by atoms with Gasteiger partial charge in [0.05, 0.1) is 11.8 Å². The average molecular weight is 285 g/mol. The molecular formula is C14H22N2OV. The third kappa shape index (κ3) is 5.01. The van der Waals surface area contributed by atoms with Gasteiger partial charge in [-0.15, -0.1) is 0 Å². The number of pyridine rings is 1. The van der Waals surface area contributed by atoms with Crippen LogP contribution in [0.25, 0.3) is 0 Å². The first-order valence-corrected chi connectivity index (χ1v) is 6.50. The van der Waals surface area contributed by atoms with Gasteiger partial charge in [0, 0.05) is 37.4 Å². The van der Waals surface area contributed by atoms with Crippen molar-refractivity contribution in [2.24, 2.45) is 0 Å². The van der Waals surface area contributed by atoms with Crippen LogP contribution in [-0.2, 0) is 25.1 Å². The molecule has 1 radical (unpaired) electrons. The summed E-state index contributed by atoms with van der Waals surface area (Å²) in [7, 11) is 4.10. The van der Waals surface area contributed by atoms with Crippen LogP contribution in [-0.4, -0.2) is 30.1 Å². The summed E-state index contributed by atoms with van der Waals surface area (Å²) >= 11 is 0. The zero-order valence-electron chi connectivity index (χ0n) is 11.3. The van der Waals surface area contributed by atoms with Gasteiger partial charge in [0.1, 0.15) is 5.75 Å². The zero-order valence-corrected chi connectivity index (χ0v) is 12.7. The van der Waals surface area contributed by atoms with Crippen LogP contribution in [0.5, 0.6) is 5.75 Å². The van der Waals surface area contributed by atoms with Crippen LogP contribution >= 0.6 is 0 Å². The van der Waals surface area contributed by atoms with Crippen molar-refractivity contribution in [1.29, 1.82) is 0 Å². The maximum Gasteiger partial charge on any atom is 0.123 e. The average Bonchev–Trinajstić information content (AvgIpc) is 2.30. The normalized spacial score (nSPS) is 16.4. The number of aromatic nitrogens is 1. The Hall–Kier alpha value is -0.506. The molecule has 1 aliphatic rings. The largest absolute Gasteiger partial charge is 0.490 e. The van der Waals surface area contributed by atoms with Gasteiger partial charge in [-0.2, -0.15) is 0 Å². The summed E-state index contributed by atoms with van der Waals surface area (Å²) in [4.78, 5) is 6.47. The third-order valence-electron chi connectivity index (χ3n) is 3.12. The minimum absolute atomic E-state index is 0. The summed E-state index contributed by atoms with van der Waals surface area (Å²) in [6.07, 6.45) is 8.63. The van der Waals surface area contributed by atoms with Gasteiger partial charge in [0.2, 0.25) is 0 Å². The van der Waals surface area contributed by atoms with Crippen molar-refractivity contribution in [3.8, 4) is 5.75 Å². The molecule has 1 fully saturated rings. The fourth-order valence-electron chi connectivity index (χ4n) is 2.32. The first-order chi connectivity index (χ1) is 8.24. The van der Waals surface area contributed by atoms with Gasteiger partial charge in [0.25, 0.3) is 0 Å². The Morgan fingerprint density at radius 2 is 2.00 bits per heavy atom. The predicted molar refractivity (Wildman–Crippen MR) is 69.1 cm³/mol. The van der Waals surface area contributed by atoms with E-state index in [1.54, 1.807) is 0 Å². The Balaban J connectivity index is 0.00000162. The van der Waals surface area contributed by atoms with E-state index in [1.165, 1.54) is 32.1 Å². The molecule has 2 rings (SSSR count). The van der Waals surface area contributed by atoms with E-state index in [-0.39, 0.29) is 18.6 Å². The molecule has 1 aromatic heterocycles. The molecule has 0 N–H and O–H groups in total. The monoisotopic (exact) mass is 285 g/mol. The zero-order chi connectivity index (χ0) is 12.1. The van der Waals surface area contributed by atoms with Crippen LogP contribution in [0.3, 0.4) is 0 Å². The number of hydrogen-bond donors (Lipinski definition) is 0. The summed E-state index contributed by atoms with van der Waals surface area (Å²) in [6, 6.07) is 4.03. The molecule has 0 unspecified atom stereocenters.